The van der Waals surface area contributed by atoms with E-state index in [1.807, 2.05) is 37.4 Å². The predicted octanol–water partition coefficient (Wildman–Crippen LogP) is 2.03. The van der Waals surface area contributed by atoms with Gasteiger partial charge in [-0.2, -0.15) is 8.42 Å². The van der Waals surface area contributed by atoms with Crippen molar-refractivity contribution >= 4 is 21.7 Å². The first-order valence-electron chi connectivity index (χ1n) is 6.37. The molecule has 0 radical (unpaired) electrons. The van der Waals surface area contributed by atoms with Crippen LogP contribution in [0.1, 0.15) is 20.3 Å². The van der Waals surface area contributed by atoms with Gasteiger partial charge in [-0.15, -0.1) is 0 Å². The van der Waals surface area contributed by atoms with Crippen LogP contribution in [0, 0.1) is 0 Å². The normalized spacial score (nSPS) is 11.6. The fourth-order valence-electron chi connectivity index (χ4n) is 1.26. The Morgan fingerprint density at radius 2 is 1.86 bits per heavy atom. The van der Waals surface area contributed by atoms with Gasteiger partial charge in [-0.25, -0.2) is 0 Å². The van der Waals surface area contributed by atoms with E-state index in [9.17, 15) is 13.2 Å². The molecule has 3 N–H and O–H groups in total. The molecular formula is C14H22N2O4S. The third-order valence-electron chi connectivity index (χ3n) is 2.47. The zero-order valence-electron chi connectivity index (χ0n) is 12.5. The summed E-state index contributed by atoms with van der Waals surface area (Å²) in [7, 11) is -2.30. The highest BCUT2D eigenvalue weighted by atomic mass is 32.2. The molecule has 1 unspecified atom stereocenters. The number of amides is 1. The lowest BCUT2D eigenvalue weighted by atomic mass is 10.3. The van der Waals surface area contributed by atoms with Crippen LogP contribution in [0.5, 0.6) is 0 Å². The number of hydrogen-bond donors (Lipinski definition) is 3. The van der Waals surface area contributed by atoms with Crippen LogP contribution in [0.3, 0.4) is 0 Å². The molecule has 0 aliphatic rings. The van der Waals surface area contributed by atoms with Crippen molar-refractivity contribution in [3.05, 3.63) is 42.5 Å². The van der Waals surface area contributed by atoms with E-state index in [4.69, 9.17) is 4.55 Å². The van der Waals surface area contributed by atoms with E-state index >= 15 is 0 Å². The molecule has 0 aliphatic carbocycles. The number of benzene rings is 1. The summed E-state index contributed by atoms with van der Waals surface area (Å²) in [4.78, 5) is 11.0. The van der Waals surface area contributed by atoms with Crippen molar-refractivity contribution in [2.45, 2.75) is 25.6 Å². The highest BCUT2D eigenvalue weighted by molar-refractivity contribution is 7.86. The summed E-state index contributed by atoms with van der Waals surface area (Å²) in [6.45, 7) is 6.33. The molecule has 0 spiro atoms. The third-order valence-corrected chi connectivity index (χ3v) is 3.64. The van der Waals surface area contributed by atoms with Gasteiger partial charge >= 0.3 is 0 Å². The van der Waals surface area contributed by atoms with Gasteiger partial charge in [0.2, 0.25) is 5.91 Å². The van der Waals surface area contributed by atoms with Gasteiger partial charge < -0.3 is 10.6 Å². The summed E-state index contributed by atoms with van der Waals surface area (Å²) in [5, 5.41) is 3.90. The number of carbonyl (C=O) groups excluding carboxylic acids is 1. The van der Waals surface area contributed by atoms with Gasteiger partial charge in [0.25, 0.3) is 10.1 Å². The second kappa shape index (κ2) is 9.15. The van der Waals surface area contributed by atoms with Crippen molar-refractivity contribution in [3.8, 4) is 0 Å². The molecule has 21 heavy (non-hydrogen) atoms. The Balaban J connectivity index is 0.000000423. The molecule has 1 aromatic carbocycles. The van der Waals surface area contributed by atoms with E-state index in [0.717, 1.165) is 5.69 Å². The van der Waals surface area contributed by atoms with E-state index in [-0.39, 0.29) is 12.0 Å². The Morgan fingerprint density at radius 3 is 2.14 bits per heavy atom. The molecule has 1 atom stereocenters. The topological polar surface area (TPSA) is 95.5 Å². The van der Waals surface area contributed by atoms with Gasteiger partial charge in [-0.3, -0.25) is 9.35 Å². The minimum Gasteiger partial charge on any atom is -0.388 e. The lowest BCUT2D eigenvalue weighted by molar-refractivity contribution is -0.117. The maximum Gasteiger partial charge on any atom is 0.286 e. The largest absolute Gasteiger partial charge is 0.388 e. The Bertz CT molecular complexity index is 556. The molecule has 0 aromatic heterocycles. The van der Waals surface area contributed by atoms with E-state index in [1.54, 1.807) is 0 Å². The average molecular weight is 314 g/mol. The number of carbonyl (C=O) groups is 1. The minimum absolute atomic E-state index is 0.109. The molecule has 1 aromatic rings. The van der Waals surface area contributed by atoms with Gasteiger partial charge in [-0.05, 0) is 25.5 Å². The smallest absolute Gasteiger partial charge is 0.286 e. The number of anilines is 1. The quantitative estimate of drug-likeness (QED) is 0.571. The lowest BCUT2D eigenvalue weighted by Gasteiger charge is -2.13. The van der Waals surface area contributed by atoms with Crippen LogP contribution in [-0.2, 0) is 14.9 Å². The summed E-state index contributed by atoms with van der Waals surface area (Å²) in [6.07, 6.45) is 0.109. The number of para-hydroxylation sites is 1. The lowest BCUT2D eigenvalue weighted by Crippen LogP contribution is -2.40. The van der Waals surface area contributed by atoms with Crippen molar-refractivity contribution in [3.63, 3.8) is 0 Å². The van der Waals surface area contributed by atoms with Crippen LogP contribution < -0.4 is 10.6 Å². The molecule has 0 saturated carbocycles. The maximum atomic E-state index is 11.0. The van der Waals surface area contributed by atoms with Crippen LogP contribution in [-0.4, -0.2) is 31.3 Å². The predicted molar refractivity (Wildman–Crippen MR) is 84.6 cm³/mol. The van der Waals surface area contributed by atoms with Gasteiger partial charge in [-0.1, -0.05) is 31.7 Å². The highest BCUT2D eigenvalue weighted by Gasteiger charge is 2.22. The molecule has 0 aliphatic heterocycles. The van der Waals surface area contributed by atoms with E-state index in [1.165, 1.54) is 13.8 Å². The SMILES string of the molecule is C=C(C)C(=O)NC(CC)S(=O)(=O)O.CNc1ccccc1. The Morgan fingerprint density at radius 1 is 1.33 bits per heavy atom. The first kappa shape index (κ1) is 19.1. The molecule has 0 fully saturated rings. The summed E-state index contributed by atoms with van der Waals surface area (Å²) in [5.74, 6) is -0.579. The van der Waals surface area contributed by atoms with E-state index in [2.05, 4.69) is 17.2 Å². The van der Waals surface area contributed by atoms with Gasteiger partial charge in [0.05, 0.1) is 0 Å². The monoisotopic (exact) mass is 314 g/mol. The molecule has 1 rings (SSSR count). The summed E-state index contributed by atoms with van der Waals surface area (Å²) in [6, 6.07) is 10.1. The van der Waals surface area contributed by atoms with Crippen LogP contribution in [0.4, 0.5) is 5.69 Å². The molecule has 1 amide bonds. The summed E-state index contributed by atoms with van der Waals surface area (Å²) < 4.78 is 29.9. The maximum absolute atomic E-state index is 11.0. The van der Waals surface area contributed by atoms with Crippen LogP contribution >= 0.6 is 0 Å². The molecule has 118 valence electrons. The fraction of sp³-hybridized carbons (Fsp3) is 0.357. The minimum atomic E-state index is -4.22. The van der Waals surface area contributed by atoms with E-state index in [0.29, 0.717) is 0 Å². The van der Waals surface area contributed by atoms with Crippen molar-refractivity contribution < 1.29 is 17.8 Å². The Labute approximate surface area is 126 Å². The van der Waals surface area contributed by atoms with Crippen LogP contribution in [0.25, 0.3) is 0 Å². The average Bonchev–Trinajstić information content (AvgIpc) is 2.44. The molecule has 6 nitrogen and oxygen atoms in total. The Hall–Kier alpha value is -1.86. The molecule has 0 heterocycles. The van der Waals surface area contributed by atoms with Crippen LogP contribution in [0.2, 0.25) is 0 Å². The second-order valence-electron chi connectivity index (χ2n) is 4.28. The van der Waals surface area contributed by atoms with Crippen molar-refractivity contribution in [1.29, 1.82) is 0 Å². The molecular weight excluding hydrogens is 292 g/mol. The van der Waals surface area contributed by atoms with Crippen molar-refractivity contribution in [1.82, 2.24) is 5.32 Å². The van der Waals surface area contributed by atoms with Crippen LogP contribution in [0.15, 0.2) is 42.5 Å². The number of rotatable bonds is 5. The summed E-state index contributed by atoms with van der Waals surface area (Å²) in [5.41, 5.74) is 1.36. The van der Waals surface area contributed by atoms with Crippen molar-refractivity contribution in [2.75, 3.05) is 12.4 Å². The molecule has 0 bridgehead atoms. The molecule has 0 saturated heterocycles. The standard InChI is InChI=1S/C7H13NO4S.C7H9N/c1-4-6(13(10,11)12)8-7(9)5(2)3;1-8-7-5-3-2-4-6-7/h6H,2,4H2,1,3H3,(H,8,9)(H,10,11,12);2-6,8H,1H3. The number of nitrogens with one attached hydrogen (secondary N) is 2. The van der Waals surface area contributed by atoms with E-state index < -0.39 is 21.4 Å². The molecule has 7 heteroatoms. The summed E-state index contributed by atoms with van der Waals surface area (Å²) >= 11 is 0. The van der Waals surface area contributed by atoms with Gasteiger partial charge in [0.1, 0.15) is 0 Å². The highest BCUT2D eigenvalue weighted by Crippen LogP contribution is 2.02. The number of hydrogen-bond acceptors (Lipinski definition) is 4. The second-order valence-corrected chi connectivity index (χ2v) is 5.88. The zero-order chi connectivity index (χ0) is 16.5. The first-order valence-corrected chi connectivity index (χ1v) is 7.88. The third kappa shape index (κ3) is 8.11. The van der Waals surface area contributed by atoms with Crippen molar-refractivity contribution in [2.24, 2.45) is 0 Å². The Kier molecular flexibility index (Phi) is 8.34. The zero-order valence-corrected chi connectivity index (χ0v) is 13.3. The van der Waals surface area contributed by atoms with Gasteiger partial charge in [0.15, 0.2) is 5.37 Å². The fourth-order valence-corrected chi connectivity index (χ4v) is 1.94. The first-order chi connectivity index (χ1) is 9.72. The van der Waals surface area contributed by atoms with Gasteiger partial charge in [0, 0.05) is 18.3 Å².